The van der Waals surface area contributed by atoms with Gasteiger partial charge in [-0.3, -0.25) is 9.59 Å². The minimum Gasteiger partial charge on any atom is -0.455 e. The Morgan fingerprint density at radius 2 is 1.84 bits per heavy atom. The fourth-order valence-electron chi connectivity index (χ4n) is 3.50. The number of fused-ring (bicyclic) bond motifs is 1. The third-order valence-corrected chi connectivity index (χ3v) is 5.08. The largest absolute Gasteiger partial charge is 0.455 e. The molecule has 3 aromatic rings. The molecule has 1 aliphatic rings. The highest BCUT2D eigenvalue weighted by Crippen LogP contribution is 2.30. The molecule has 0 radical (unpaired) electrons. The molecule has 0 fully saturated rings. The Balaban J connectivity index is 1.55. The lowest BCUT2D eigenvalue weighted by atomic mass is 9.93. The van der Waals surface area contributed by atoms with Crippen molar-refractivity contribution in [2.45, 2.75) is 33.1 Å². The van der Waals surface area contributed by atoms with Crippen LogP contribution in [0, 0.1) is 19.7 Å². The molecule has 2 aromatic heterocycles. The summed E-state index contributed by atoms with van der Waals surface area (Å²) >= 11 is 0. The molecule has 0 saturated carbocycles. The number of halogens is 1. The van der Waals surface area contributed by atoms with Gasteiger partial charge in [0.2, 0.25) is 0 Å². The monoisotopic (exact) mass is 420 g/mol. The summed E-state index contributed by atoms with van der Waals surface area (Å²) < 4.78 is 18.9. The smallest absolute Gasteiger partial charge is 0.292 e. The number of amides is 2. The average Bonchev–Trinajstić information content (AvgIpc) is 3.11. The zero-order valence-electron chi connectivity index (χ0n) is 17.2. The molecule has 2 heterocycles. The van der Waals surface area contributed by atoms with Crippen LogP contribution < -0.4 is 10.7 Å². The van der Waals surface area contributed by atoms with Crippen molar-refractivity contribution < 1.29 is 18.4 Å². The van der Waals surface area contributed by atoms with Gasteiger partial charge < -0.3 is 9.73 Å². The highest BCUT2D eigenvalue weighted by molar-refractivity contribution is 6.09. The van der Waals surface area contributed by atoms with Crippen LogP contribution in [-0.4, -0.2) is 22.5 Å². The zero-order chi connectivity index (χ0) is 22.0. The predicted octanol–water partition coefficient (Wildman–Crippen LogP) is 4.15. The molecule has 1 aliphatic carbocycles. The van der Waals surface area contributed by atoms with Gasteiger partial charge in [-0.15, -0.1) is 0 Å². The van der Waals surface area contributed by atoms with Gasteiger partial charge in [0.25, 0.3) is 11.8 Å². The van der Waals surface area contributed by atoms with Gasteiger partial charge in [0, 0.05) is 29.3 Å². The van der Waals surface area contributed by atoms with E-state index in [1.807, 2.05) is 13.0 Å². The Bertz CT molecular complexity index is 1160. The molecule has 0 unspecified atom stereocenters. The highest BCUT2D eigenvalue weighted by Gasteiger charge is 2.28. The molecule has 2 amide bonds. The maximum atomic E-state index is 13.1. The Hall–Kier alpha value is -3.81. The summed E-state index contributed by atoms with van der Waals surface area (Å²) in [5.74, 6) is 0.0554. The van der Waals surface area contributed by atoms with E-state index in [1.165, 1.54) is 24.3 Å². The van der Waals surface area contributed by atoms with Crippen LogP contribution in [0.4, 0.5) is 10.2 Å². The van der Waals surface area contributed by atoms with Crippen LogP contribution in [0.5, 0.6) is 0 Å². The van der Waals surface area contributed by atoms with Gasteiger partial charge in [-0.05, 0) is 62.6 Å². The van der Waals surface area contributed by atoms with E-state index >= 15 is 0 Å². The number of rotatable bonds is 4. The molecule has 0 aliphatic heterocycles. The fourth-order valence-corrected chi connectivity index (χ4v) is 3.50. The number of furan rings is 1. The molecule has 8 heteroatoms. The van der Waals surface area contributed by atoms with Crippen molar-refractivity contribution in [2.75, 3.05) is 5.32 Å². The predicted molar refractivity (Wildman–Crippen MR) is 114 cm³/mol. The number of nitrogens with zero attached hydrogens (tertiary/aromatic N) is 2. The van der Waals surface area contributed by atoms with Gasteiger partial charge in [-0.25, -0.2) is 14.8 Å². The summed E-state index contributed by atoms with van der Waals surface area (Å²) in [5, 5.41) is 7.01. The summed E-state index contributed by atoms with van der Waals surface area (Å²) in [5.41, 5.74) is 5.86. The molecule has 7 nitrogen and oxygen atoms in total. The second-order valence-corrected chi connectivity index (χ2v) is 7.39. The van der Waals surface area contributed by atoms with Gasteiger partial charge in [0.05, 0.1) is 5.71 Å². The number of pyridine rings is 1. The molecule has 0 spiro atoms. The molecular formula is C23H21FN4O3. The van der Waals surface area contributed by atoms with Crippen molar-refractivity contribution in [3.05, 3.63) is 82.2 Å². The first-order valence-electron chi connectivity index (χ1n) is 9.91. The van der Waals surface area contributed by atoms with Gasteiger partial charge in [-0.1, -0.05) is 6.07 Å². The van der Waals surface area contributed by atoms with E-state index < -0.39 is 17.6 Å². The van der Waals surface area contributed by atoms with E-state index in [4.69, 9.17) is 4.42 Å². The molecule has 0 saturated heterocycles. The highest BCUT2D eigenvalue weighted by atomic mass is 19.1. The number of aryl methyl sites for hydroxylation is 2. The molecule has 158 valence electrons. The van der Waals surface area contributed by atoms with Crippen LogP contribution in [0.2, 0.25) is 0 Å². The topological polar surface area (TPSA) is 96.6 Å². The van der Waals surface area contributed by atoms with Crippen LogP contribution in [-0.2, 0) is 6.42 Å². The van der Waals surface area contributed by atoms with Crippen molar-refractivity contribution in [2.24, 2.45) is 5.10 Å². The van der Waals surface area contributed by atoms with Crippen molar-refractivity contribution >= 4 is 23.3 Å². The lowest BCUT2D eigenvalue weighted by Gasteiger charge is -2.13. The summed E-state index contributed by atoms with van der Waals surface area (Å²) in [4.78, 5) is 29.2. The van der Waals surface area contributed by atoms with Crippen molar-refractivity contribution in [1.82, 2.24) is 10.4 Å². The van der Waals surface area contributed by atoms with Crippen LogP contribution >= 0.6 is 0 Å². The first-order chi connectivity index (χ1) is 14.9. The third kappa shape index (κ3) is 4.37. The minimum absolute atomic E-state index is 0.201. The maximum absolute atomic E-state index is 13.1. The van der Waals surface area contributed by atoms with Gasteiger partial charge in [0.15, 0.2) is 5.76 Å². The van der Waals surface area contributed by atoms with E-state index in [1.54, 1.807) is 19.2 Å². The third-order valence-electron chi connectivity index (χ3n) is 5.08. The number of hydrazone groups is 1. The second kappa shape index (κ2) is 8.51. The SMILES string of the molecule is Cc1ccc(NC(=O)c2oc3c(c2C)/C(=N/NC(=O)c2ccc(F)cc2)CCC3)nc1. The molecule has 0 bridgehead atoms. The quantitative estimate of drug-likeness (QED) is 0.620. The van der Waals surface area contributed by atoms with Gasteiger partial charge in [0.1, 0.15) is 17.4 Å². The van der Waals surface area contributed by atoms with Crippen LogP contribution in [0.25, 0.3) is 0 Å². The van der Waals surface area contributed by atoms with Crippen LogP contribution in [0.1, 0.15) is 56.2 Å². The van der Waals surface area contributed by atoms with Crippen LogP contribution in [0.3, 0.4) is 0 Å². The average molecular weight is 420 g/mol. The number of nitrogens with one attached hydrogen (secondary N) is 2. The van der Waals surface area contributed by atoms with Gasteiger partial charge >= 0.3 is 0 Å². The van der Waals surface area contributed by atoms with E-state index in [-0.39, 0.29) is 5.76 Å². The first-order valence-corrected chi connectivity index (χ1v) is 9.91. The Morgan fingerprint density at radius 3 is 2.55 bits per heavy atom. The summed E-state index contributed by atoms with van der Waals surface area (Å²) in [7, 11) is 0. The summed E-state index contributed by atoms with van der Waals surface area (Å²) in [6.45, 7) is 3.71. The summed E-state index contributed by atoms with van der Waals surface area (Å²) in [6, 6.07) is 8.80. The van der Waals surface area contributed by atoms with Crippen molar-refractivity contribution in [1.29, 1.82) is 0 Å². The lowest BCUT2D eigenvalue weighted by Crippen LogP contribution is -2.22. The maximum Gasteiger partial charge on any atom is 0.292 e. The molecule has 4 rings (SSSR count). The molecule has 0 atom stereocenters. The molecule has 2 N–H and O–H groups in total. The molecule has 1 aromatic carbocycles. The number of aromatic nitrogens is 1. The second-order valence-electron chi connectivity index (χ2n) is 7.39. The van der Waals surface area contributed by atoms with E-state index in [0.29, 0.717) is 41.3 Å². The number of carbonyl (C=O) groups excluding carboxylic acids is 2. The van der Waals surface area contributed by atoms with E-state index in [0.717, 1.165) is 17.5 Å². The Morgan fingerprint density at radius 1 is 1.06 bits per heavy atom. The molecule has 31 heavy (non-hydrogen) atoms. The Labute approximate surface area is 178 Å². The van der Waals surface area contributed by atoms with E-state index in [2.05, 4.69) is 20.8 Å². The number of hydrogen-bond donors (Lipinski definition) is 2. The number of carbonyl (C=O) groups is 2. The standard InChI is InChI=1S/C23H21FN4O3/c1-13-6-11-19(25-12-13)26-23(30)21-14(2)20-17(4-3-5-18(20)31-21)27-28-22(29)15-7-9-16(24)10-8-15/h6-12H,3-5H2,1-2H3,(H,28,29)(H,25,26,30)/b27-17+. The first kappa shape index (κ1) is 20.5. The van der Waals surface area contributed by atoms with Crippen molar-refractivity contribution in [3.8, 4) is 0 Å². The minimum atomic E-state index is -0.441. The summed E-state index contributed by atoms with van der Waals surface area (Å²) in [6.07, 6.45) is 3.77. The normalized spacial score (nSPS) is 14.2. The van der Waals surface area contributed by atoms with Gasteiger partial charge in [-0.2, -0.15) is 5.10 Å². The molecular weight excluding hydrogens is 399 g/mol. The number of anilines is 1. The number of hydrogen-bond acceptors (Lipinski definition) is 5. The lowest BCUT2D eigenvalue weighted by molar-refractivity contribution is 0.0953. The Kier molecular flexibility index (Phi) is 5.62. The van der Waals surface area contributed by atoms with E-state index in [9.17, 15) is 14.0 Å². The van der Waals surface area contributed by atoms with Crippen molar-refractivity contribution in [3.63, 3.8) is 0 Å². The number of benzene rings is 1. The zero-order valence-corrected chi connectivity index (χ0v) is 17.2. The van der Waals surface area contributed by atoms with Crippen LogP contribution in [0.15, 0.2) is 52.1 Å². The fraction of sp³-hybridized carbons (Fsp3) is 0.217.